The van der Waals surface area contributed by atoms with Gasteiger partial charge >= 0.3 is 0 Å². The van der Waals surface area contributed by atoms with Gasteiger partial charge in [-0.05, 0) is 50.8 Å². The number of likely N-dealkylation sites (tertiary alicyclic amines) is 1. The van der Waals surface area contributed by atoms with Gasteiger partial charge in [-0.3, -0.25) is 9.48 Å². The number of amides is 1. The molecule has 0 saturated carbocycles. The number of furan rings is 1. The average molecular weight is 301 g/mol. The highest BCUT2D eigenvalue weighted by Gasteiger charge is 2.34. The highest BCUT2D eigenvalue weighted by molar-refractivity contribution is 5.93. The highest BCUT2D eigenvalue weighted by Crippen LogP contribution is 2.35. The minimum Gasteiger partial charge on any atom is -0.467 e. The third-order valence-electron chi connectivity index (χ3n) is 4.42. The Bertz CT molecular complexity index is 645. The lowest BCUT2D eigenvalue weighted by atomic mass is 9.91. The van der Waals surface area contributed by atoms with Crippen LogP contribution in [0.1, 0.15) is 54.7 Å². The Kier molecular flexibility index (Phi) is 4.05. The second kappa shape index (κ2) is 5.99. The summed E-state index contributed by atoms with van der Waals surface area (Å²) in [6.07, 6.45) is 3.65. The summed E-state index contributed by atoms with van der Waals surface area (Å²) in [5, 5.41) is 4.39. The minimum absolute atomic E-state index is 0.0202. The van der Waals surface area contributed by atoms with E-state index in [-0.39, 0.29) is 11.9 Å². The van der Waals surface area contributed by atoms with Gasteiger partial charge in [-0.1, -0.05) is 6.92 Å². The highest BCUT2D eigenvalue weighted by atomic mass is 16.3. The van der Waals surface area contributed by atoms with E-state index in [0.29, 0.717) is 18.2 Å². The number of piperidine rings is 1. The molecule has 1 saturated heterocycles. The van der Waals surface area contributed by atoms with Gasteiger partial charge in [-0.15, -0.1) is 0 Å². The molecule has 3 heterocycles. The van der Waals surface area contributed by atoms with Crippen LogP contribution in [0.25, 0.3) is 0 Å². The van der Waals surface area contributed by atoms with Gasteiger partial charge in [0.2, 0.25) is 0 Å². The molecule has 22 heavy (non-hydrogen) atoms. The molecule has 2 atom stereocenters. The van der Waals surface area contributed by atoms with Crippen LogP contribution in [-0.4, -0.2) is 27.1 Å². The van der Waals surface area contributed by atoms with Crippen molar-refractivity contribution in [3.8, 4) is 0 Å². The van der Waals surface area contributed by atoms with Crippen molar-refractivity contribution in [2.75, 3.05) is 6.54 Å². The molecule has 0 radical (unpaired) electrons. The van der Waals surface area contributed by atoms with Crippen LogP contribution < -0.4 is 0 Å². The van der Waals surface area contributed by atoms with Crippen LogP contribution in [0, 0.1) is 12.8 Å². The van der Waals surface area contributed by atoms with E-state index in [1.807, 2.05) is 36.9 Å². The monoisotopic (exact) mass is 301 g/mol. The number of aryl methyl sites for hydroxylation is 2. The topological polar surface area (TPSA) is 51.3 Å². The number of hydrogen-bond acceptors (Lipinski definition) is 3. The number of hydrogen-bond donors (Lipinski definition) is 0. The molecule has 2 aromatic heterocycles. The van der Waals surface area contributed by atoms with Crippen molar-refractivity contribution >= 4 is 5.91 Å². The first kappa shape index (κ1) is 14.9. The summed E-state index contributed by atoms with van der Waals surface area (Å²) in [6, 6.07) is 5.75. The van der Waals surface area contributed by atoms with Crippen LogP contribution in [0.2, 0.25) is 0 Å². The first-order chi connectivity index (χ1) is 10.6. The first-order valence-electron chi connectivity index (χ1n) is 7.99. The van der Waals surface area contributed by atoms with Crippen LogP contribution >= 0.6 is 0 Å². The van der Waals surface area contributed by atoms with E-state index in [4.69, 9.17) is 4.42 Å². The van der Waals surface area contributed by atoms with Gasteiger partial charge in [0, 0.05) is 13.1 Å². The van der Waals surface area contributed by atoms with Gasteiger partial charge in [0.15, 0.2) is 0 Å². The molecule has 1 aliphatic rings. The molecule has 5 heteroatoms. The Balaban J connectivity index is 1.92. The van der Waals surface area contributed by atoms with E-state index in [9.17, 15) is 4.79 Å². The lowest BCUT2D eigenvalue weighted by molar-refractivity contribution is 0.0508. The van der Waals surface area contributed by atoms with E-state index in [2.05, 4.69) is 12.0 Å². The molecule has 118 valence electrons. The van der Waals surface area contributed by atoms with Crippen LogP contribution in [0.4, 0.5) is 0 Å². The molecule has 2 aromatic rings. The Labute approximate surface area is 130 Å². The van der Waals surface area contributed by atoms with Crippen LogP contribution in [-0.2, 0) is 6.54 Å². The van der Waals surface area contributed by atoms with Crippen molar-refractivity contribution in [3.05, 3.63) is 41.6 Å². The van der Waals surface area contributed by atoms with Gasteiger partial charge in [-0.25, -0.2) is 0 Å². The minimum atomic E-state index is 0.0202. The fourth-order valence-electron chi connectivity index (χ4n) is 3.24. The summed E-state index contributed by atoms with van der Waals surface area (Å²) in [4.78, 5) is 15.0. The van der Waals surface area contributed by atoms with Gasteiger partial charge in [-0.2, -0.15) is 5.10 Å². The van der Waals surface area contributed by atoms with Crippen molar-refractivity contribution in [1.29, 1.82) is 0 Å². The molecule has 1 aliphatic heterocycles. The molecule has 0 unspecified atom stereocenters. The molecule has 3 rings (SSSR count). The normalized spacial score (nSPS) is 22.0. The summed E-state index contributed by atoms with van der Waals surface area (Å²) in [7, 11) is 0. The molecule has 1 amide bonds. The molecule has 0 bridgehead atoms. The third kappa shape index (κ3) is 2.67. The molecule has 0 aliphatic carbocycles. The third-order valence-corrected chi connectivity index (χ3v) is 4.42. The Hall–Kier alpha value is -2.04. The van der Waals surface area contributed by atoms with Crippen molar-refractivity contribution in [2.45, 2.75) is 46.2 Å². The van der Waals surface area contributed by atoms with Crippen molar-refractivity contribution in [2.24, 2.45) is 5.92 Å². The fourth-order valence-corrected chi connectivity index (χ4v) is 3.24. The predicted molar refractivity (Wildman–Crippen MR) is 83.5 cm³/mol. The van der Waals surface area contributed by atoms with Crippen LogP contribution in [0.5, 0.6) is 0 Å². The number of aromatic nitrogens is 2. The molecular formula is C17H23N3O2. The zero-order valence-corrected chi connectivity index (χ0v) is 13.5. The van der Waals surface area contributed by atoms with E-state index < -0.39 is 0 Å². The number of carbonyl (C=O) groups is 1. The average Bonchev–Trinajstić information content (AvgIpc) is 3.15. The molecule has 0 aromatic carbocycles. The van der Waals surface area contributed by atoms with Crippen LogP contribution in [0.15, 0.2) is 28.9 Å². The summed E-state index contributed by atoms with van der Waals surface area (Å²) < 4.78 is 7.37. The predicted octanol–water partition coefficient (Wildman–Crippen LogP) is 3.42. The van der Waals surface area contributed by atoms with Crippen LogP contribution in [0.3, 0.4) is 0 Å². The lowest BCUT2D eigenvalue weighted by Gasteiger charge is -2.37. The van der Waals surface area contributed by atoms with E-state index in [0.717, 1.165) is 30.8 Å². The maximum atomic E-state index is 13.0. The van der Waals surface area contributed by atoms with E-state index in [1.165, 1.54) is 0 Å². The SMILES string of the molecule is CCn1nc(C)cc1C(=O)N1CC[C@H](C)C[C@@H]1c1ccco1. The molecular weight excluding hydrogens is 278 g/mol. The summed E-state index contributed by atoms with van der Waals surface area (Å²) in [5.74, 6) is 1.52. The van der Waals surface area contributed by atoms with Crippen molar-refractivity contribution in [3.63, 3.8) is 0 Å². The Morgan fingerprint density at radius 2 is 2.32 bits per heavy atom. The van der Waals surface area contributed by atoms with E-state index in [1.54, 1.807) is 10.9 Å². The van der Waals surface area contributed by atoms with Gasteiger partial charge in [0.25, 0.3) is 5.91 Å². The molecule has 0 spiro atoms. The molecule has 5 nitrogen and oxygen atoms in total. The smallest absolute Gasteiger partial charge is 0.272 e. The number of carbonyl (C=O) groups excluding carboxylic acids is 1. The number of rotatable bonds is 3. The quantitative estimate of drug-likeness (QED) is 0.873. The second-order valence-electron chi connectivity index (χ2n) is 6.15. The standard InChI is InChI=1S/C17H23N3O2/c1-4-20-15(11-13(3)18-20)17(21)19-8-7-12(2)10-14(19)16-6-5-9-22-16/h5-6,9,11-12,14H,4,7-8,10H2,1-3H3/t12-,14+/m0/s1. The zero-order chi connectivity index (χ0) is 15.7. The lowest BCUT2D eigenvalue weighted by Crippen LogP contribution is -2.41. The maximum Gasteiger partial charge on any atom is 0.272 e. The summed E-state index contributed by atoms with van der Waals surface area (Å²) >= 11 is 0. The fraction of sp³-hybridized carbons (Fsp3) is 0.529. The van der Waals surface area contributed by atoms with Gasteiger partial charge in [0.05, 0.1) is 18.0 Å². The van der Waals surface area contributed by atoms with Crippen molar-refractivity contribution < 1.29 is 9.21 Å². The first-order valence-corrected chi connectivity index (χ1v) is 7.99. The van der Waals surface area contributed by atoms with Crippen molar-refractivity contribution in [1.82, 2.24) is 14.7 Å². The summed E-state index contributed by atoms with van der Waals surface area (Å²) in [5.41, 5.74) is 1.55. The molecule has 0 N–H and O–H groups in total. The zero-order valence-electron chi connectivity index (χ0n) is 13.5. The summed E-state index contributed by atoms with van der Waals surface area (Å²) in [6.45, 7) is 7.62. The largest absolute Gasteiger partial charge is 0.467 e. The Morgan fingerprint density at radius 3 is 3.00 bits per heavy atom. The number of nitrogens with zero attached hydrogens (tertiary/aromatic N) is 3. The van der Waals surface area contributed by atoms with Gasteiger partial charge < -0.3 is 9.32 Å². The Morgan fingerprint density at radius 1 is 1.50 bits per heavy atom. The molecule has 1 fully saturated rings. The second-order valence-corrected chi connectivity index (χ2v) is 6.15. The van der Waals surface area contributed by atoms with E-state index >= 15 is 0 Å². The maximum absolute atomic E-state index is 13.0. The van der Waals surface area contributed by atoms with Gasteiger partial charge in [0.1, 0.15) is 11.5 Å².